The van der Waals surface area contributed by atoms with Gasteiger partial charge in [-0.2, -0.15) is 0 Å². The highest BCUT2D eigenvalue weighted by molar-refractivity contribution is 7.10. The molecule has 0 aliphatic carbocycles. The second-order valence-electron chi connectivity index (χ2n) is 5.78. The van der Waals surface area contributed by atoms with Gasteiger partial charge in [-0.3, -0.25) is 9.69 Å². The number of rotatable bonds is 5. The molecular formula is C15H23N3O3S. The lowest BCUT2D eigenvalue weighted by Gasteiger charge is -2.34. The highest BCUT2D eigenvalue weighted by Gasteiger charge is 2.29. The van der Waals surface area contributed by atoms with Crippen molar-refractivity contribution in [3.63, 3.8) is 0 Å². The van der Waals surface area contributed by atoms with E-state index in [1.165, 1.54) is 4.88 Å². The molecule has 6 nitrogen and oxygen atoms in total. The number of aliphatic hydroxyl groups is 1. The molecule has 22 heavy (non-hydrogen) atoms. The largest absolute Gasteiger partial charge is 0.392 e. The summed E-state index contributed by atoms with van der Waals surface area (Å²) in [7, 11) is 0. The SMILES string of the molecule is O=C(NCC(c1cccs1)N1CCOCC1)C1CC(O)CN1. The summed E-state index contributed by atoms with van der Waals surface area (Å²) in [6.07, 6.45) is 0.0793. The molecule has 2 saturated heterocycles. The minimum atomic E-state index is -0.414. The molecule has 2 fully saturated rings. The first-order chi connectivity index (χ1) is 10.7. The van der Waals surface area contributed by atoms with Crippen LogP contribution in [0.15, 0.2) is 17.5 Å². The molecule has 0 aromatic carbocycles. The van der Waals surface area contributed by atoms with Crippen LogP contribution in [0.5, 0.6) is 0 Å². The number of thiophene rings is 1. The number of aliphatic hydroxyl groups excluding tert-OH is 1. The zero-order chi connectivity index (χ0) is 15.4. The molecule has 3 atom stereocenters. The lowest BCUT2D eigenvalue weighted by Crippen LogP contribution is -2.46. The van der Waals surface area contributed by atoms with Crippen molar-refractivity contribution in [2.45, 2.75) is 24.6 Å². The van der Waals surface area contributed by atoms with Gasteiger partial charge in [-0.25, -0.2) is 0 Å². The van der Waals surface area contributed by atoms with E-state index < -0.39 is 6.10 Å². The van der Waals surface area contributed by atoms with Crippen molar-refractivity contribution in [1.29, 1.82) is 0 Å². The van der Waals surface area contributed by atoms with Gasteiger partial charge in [0.15, 0.2) is 0 Å². The molecular weight excluding hydrogens is 302 g/mol. The molecule has 1 aromatic rings. The first-order valence-corrected chi connectivity index (χ1v) is 8.66. The van der Waals surface area contributed by atoms with Crippen LogP contribution < -0.4 is 10.6 Å². The Morgan fingerprint density at radius 2 is 2.36 bits per heavy atom. The first kappa shape index (κ1) is 15.9. The number of hydrogen-bond acceptors (Lipinski definition) is 6. The number of carbonyl (C=O) groups is 1. The van der Waals surface area contributed by atoms with Gasteiger partial charge in [0.2, 0.25) is 5.91 Å². The van der Waals surface area contributed by atoms with Crippen LogP contribution in [0.2, 0.25) is 0 Å². The van der Waals surface area contributed by atoms with Crippen molar-refractivity contribution in [3.05, 3.63) is 22.4 Å². The van der Waals surface area contributed by atoms with Gasteiger partial charge in [0.05, 0.1) is 31.4 Å². The fourth-order valence-corrected chi connectivity index (χ4v) is 3.88. The van der Waals surface area contributed by atoms with Crippen LogP contribution in [0, 0.1) is 0 Å². The minimum absolute atomic E-state index is 0.0219. The zero-order valence-electron chi connectivity index (χ0n) is 12.5. The van der Waals surface area contributed by atoms with Gasteiger partial charge in [-0.1, -0.05) is 6.07 Å². The van der Waals surface area contributed by atoms with Crippen LogP contribution in [0.3, 0.4) is 0 Å². The van der Waals surface area contributed by atoms with Gasteiger partial charge in [-0.15, -0.1) is 11.3 Å². The van der Waals surface area contributed by atoms with E-state index in [0.29, 0.717) is 19.5 Å². The molecule has 7 heteroatoms. The van der Waals surface area contributed by atoms with E-state index in [2.05, 4.69) is 27.0 Å². The van der Waals surface area contributed by atoms with Crippen molar-refractivity contribution in [1.82, 2.24) is 15.5 Å². The van der Waals surface area contributed by atoms with E-state index in [-0.39, 0.29) is 18.0 Å². The molecule has 0 radical (unpaired) electrons. The quantitative estimate of drug-likeness (QED) is 0.708. The molecule has 1 aromatic heterocycles. The molecule has 3 heterocycles. The van der Waals surface area contributed by atoms with Crippen molar-refractivity contribution in [2.75, 3.05) is 39.4 Å². The maximum atomic E-state index is 12.2. The van der Waals surface area contributed by atoms with E-state index in [1.54, 1.807) is 11.3 Å². The van der Waals surface area contributed by atoms with Gasteiger partial charge in [0.25, 0.3) is 0 Å². The number of carbonyl (C=O) groups excluding carboxylic acids is 1. The van der Waals surface area contributed by atoms with Gasteiger partial charge >= 0.3 is 0 Å². The molecule has 2 aliphatic heterocycles. The summed E-state index contributed by atoms with van der Waals surface area (Å²) in [6, 6.07) is 4.08. The number of hydrogen-bond donors (Lipinski definition) is 3. The normalized spacial score (nSPS) is 27.7. The average Bonchev–Trinajstić information content (AvgIpc) is 3.20. The Morgan fingerprint density at radius 1 is 1.55 bits per heavy atom. The van der Waals surface area contributed by atoms with Crippen LogP contribution in [0.4, 0.5) is 0 Å². The monoisotopic (exact) mass is 325 g/mol. The smallest absolute Gasteiger partial charge is 0.237 e. The summed E-state index contributed by atoms with van der Waals surface area (Å²) in [5.41, 5.74) is 0. The van der Waals surface area contributed by atoms with Gasteiger partial charge in [-0.05, 0) is 17.9 Å². The minimum Gasteiger partial charge on any atom is -0.392 e. The predicted molar refractivity (Wildman–Crippen MR) is 84.9 cm³/mol. The Kier molecular flexibility index (Phi) is 5.43. The molecule has 0 spiro atoms. The van der Waals surface area contributed by atoms with Gasteiger partial charge < -0.3 is 20.5 Å². The summed E-state index contributed by atoms with van der Waals surface area (Å²) in [4.78, 5) is 15.9. The Labute approximate surface area is 134 Å². The van der Waals surface area contributed by atoms with E-state index in [4.69, 9.17) is 4.74 Å². The maximum Gasteiger partial charge on any atom is 0.237 e. The molecule has 1 amide bonds. The fraction of sp³-hybridized carbons (Fsp3) is 0.667. The van der Waals surface area contributed by atoms with Crippen molar-refractivity contribution >= 4 is 17.2 Å². The third kappa shape index (κ3) is 3.85. The molecule has 122 valence electrons. The van der Waals surface area contributed by atoms with E-state index in [0.717, 1.165) is 26.3 Å². The van der Waals surface area contributed by atoms with Crippen LogP contribution >= 0.6 is 11.3 Å². The summed E-state index contributed by atoms with van der Waals surface area (Å²) < 4.78 is 5.42. The number of morpholine rings is 1. The van der Waals surface area contributed by atoms with Crippen LogP contribution in [0.25, 0.3) is 0 Å². The van der Waals surface area contributed by atoms with Crippen molar-refractivity contribution < 1.29 is 14.6 Å². The highest BCUT2D eigenvalue weighted by Crippen LogP contribution is 2.25. The number of nitrogens with zero attached hydrogens (tertiary/aromatic N) is 1. The topological polar surface area (TPSA) is 73.8 Å². The third-order valence-electron chi connectivity index (χ3n) is 4.25. The lowest BCUT2D eigenvalue weighted by atomic mass is 10.1. The molecule has 2 aliphatic rings. The Bertz CT molecular complexity index is 476. The standard InChI is InChI=1S/C15H23N3O3S/c19-11-8-12(16-9-11)15(20)17-10-13(14-2-1-7-22-14)18-3-5-21-6-4-18/h1-2,7,11-13,16,19H,3-6,8-10H2,(H,17,20). The Morgan fingerprint density at radius 3 is 3.00 bits per heavy atom. The molecule has 0 saturated carbocycles. The molecule has 3 N–H and O–H groups in total. The lowest BCUT2D eigenvalue weighted by molar-refractivity contribution is -0.123. The summed E-state index contributed by atoms with van der Waals surface area (Å²) in [6.45, 7) is 4.35. The van der Waals surface area contributed by atoms with E-state index in [9.17, 15) is 9.90 Å². The van der Waals surface area contributed by atoms with Gasteiger partial charge in [0, 0.05) is 31.1 Å². The highest BCUT2D eigenvalue weighted by atomic mass is 32.1. The second-order valence-corrected chi connectivity index (χ2v) is 6.75. The summed E-state index contributed by atoms with van der Waals surface area (Å²) in [5.74, 6) is -0.0219. The molecule has 0 bridgehead atoms. The fourth-order valence-electron chi connectivity index (χ4n) is 3.02. The Hall–Kier alpha value is -0.990. The number of β-amino-alcohol motifs (C(OH)–C–C–N with tert-alkyl or cyclic N) is 1. The zero-order valence-corrected chi connectivity index (χ0v) is 13.3. The average molecular weight is 325 g/mol. The van der Waals surface area contributed by atoms with Crippen molar-refractivity contribution in [3.8, 4) is 0 Å². The predicted octanol–water partition coefficient (Wildman–Crippen LogP) is -0.0396. The summed E-state index contributed by atoms with van der Waals surface area (Å²) >= 11 is 1.72. The first-order valence-electron chi connectivity index (χ1n) is 7.78. The van der Waals surface area contributed by atoms with E-state index >= 15 is 0 Å². The maximum absolute atomic E-state index is 12.2. The Balaban J connectivity index is 1.59. The number of nitrogens with one attached hydrogen (secondary N) is 2. The number of ether oxygens (including phenoxy) is 1. The second kappa shape index (κ2) is 7.52. The molecule has 3 unspecified atom stereocenters. The van der Waals surface area contributed by atoms with Crippen LogP contribution in [-0.4, -0.2) is 67.5 Å². The number of amides is 1. The van der Waals surface area contributed by atoms with Crippen LogP contribution in [-0.2, 0) is 9.53 Å². The van der Waals surface area contributed by atoms with Gasteiger partial charge in [0.1, 0.15) is 0 Å². The van der Waals surface area contributed by atoms with Crippen LogP contribution in [0.1, 0.15) is 17.3 Å². The summed E-state index contributed by atoms with van der Waals surface area (Å²) in [5, 5.41) is 17.7. The third-order valence-corrected chi connectivity index (χ3v) is 5.23. The molecule has 3 rings (SSSR count). The van der Waals surface area contributed by atoms with Crippen molar-refractivity contribution in [2.24, 2.45) is 0 Å². The van der Waals surface area contributed by atoms with E-state index in [1.807, 2.05) is 6.07 Å².